The maximum absolute atomic E-state index is 11.2. The molecule has 0 aliphatic rings. The number of carboxylic acid groups (broad SMARTS) is 1. The van der Waals surface area contributed by atoms with Crippen LogP contribution in [0.4, 0.5) is 10.5 Å². The van der Waals surface area contributed by atoms with Gasteiger partial charge in [0.05, 0.1) is 5.69 Å². The molecule has 0 spiro atoms. The van der Waals surface area contributed by atoms with Crippen molar-refractivity contribution in [1.82, 2.24) is 0 Å². The molecular formula is C10H11NO4S. The van der Waals surface area contributed by atoms with Crippen molar-refractivity contribution in [3.63, 3.8) is 0 Å². The van der Waals surface area contributed by atoms with Crippen LogP contribution in [0.1, 0.15) is 14.5 Å². The molecule has 0 saturated carbocycles. The molecular weight excluding hydrogens is 230 g/mol. The Kier molecular flexibility index (Phi) is 4.07. The van der Waals surface area contributed by atoms with Crippen LogP contribution in [-0.2, 0) is 4.74 Å². The predicted molar refractivity (Wildman–Crippen MR) is 61.2 cm³/mol. The lowest BCUT2D eigenvalue weighted by atomic mass is 10.3. The van der Waals surface area contributed by atoms with Crippen LogP contribution in [0.25, 0.3) is 0 Å². The fraction of sp³-hybridized carbons (Fsp3) is 0.200. The van der Waals surface area contributed by atoms with Gasteiger partial charge in [-0.2, -0.15) is 0 Å². The zero-order chi connectivity index (χ0) is 12.1. The number of rotatable bonds is 4. The van der Waals surface area contributed by atoms with Crippen LogP contribution in [0.2, 0.25) is 0 Å². The summed E-state index contributed by atoms with van der Waals surface area (Å²) in [5.41, 5.74) is 0.254. The van der Waals surface area contributed by atoms with Crippen molar-refractivity contribution >= 4 is 29.1 Å². The van der Waals surface area contributed by atoms with Crippen molar-refractivity contribution in [2.75, 3.05) is 11.9 Å². The van der Waals surface area contributed by atoms with Crippen molar-refractivity contribution in [3.8, 4) is 0 Å². The van der Waals surface area contributed by atoms with Gasteiger partial charge in [-0.15, -0.1) is 11.3 Å². The van der Waals surface area contributed by atoms with Gasteiger partial charge in [0.15, 0.2) is 0 Å². The first-order chi connectivity index (χ1) is 7.54. The molecule has 1 rings (SSSR count). The summed E-state index contributed by atoms with van der Waals surface area (Å²) in [5, 5.41) is 11.2. The standard InChI is InChI=1S/C10H11NO4S/c1-3-4-15-10(14)11-7-5-6(2)16-8(7)9(12)13/h3,5H,1,4H2,2H3,(H,11,14)(H,12,13). The van der Waals surface area contributed by atoms with E-state index in [1.807, 2.05) is 0 Å². The second-order valence-electron chi connectivity index (χ2n) is 2.92. The summed E-state index contributed by atoms with van der Waals surface area (Å²) in [6, 6.07) is 1.59. The fourth-order valence-electron chi connectivity index (χ4n) is 1.05. The number of hydrogen-bond donors (Lipinski definition) is 2. The van der Waals surface area contributed by atoms with E-state index in [2.05, 4.69) is 16.6 Å². The van der Waals surface area contributed by atoms with Crippen LogP contribution in [0.5, 0.6) is 0 Å². The number of amides is 1. The van der Waals surface area contributed by atoms with Gasteiger partial charge in [-0.25, -0.2) is 9.59 Å². The van der Waals surface area contributed by atoms with E-state index in [0.29, 0.717) is 0 Å². The number of nitrogens with one attached hydrogen (secondary N) is 1. The van der Waals surface area contributed by atoms with E-state index in [-0.39, 0.29) is 17.2 Å². The molecule has 0 aliphatic carbocycles. The Morgan fingerprint density at radius 3 is 2.94 bits per heavy atom. The number of carbonyl (C=O) groups is 2. The van der Waals surface area contributed by atoms with Gasteiger partial charge in [0.2, 0.25) is 0 Å². The molecule has 1 heterocycles. The number of aryl methyl sites for hydroxylation is 1. The SMILES string of the molecule is C=CCOC(=O)Nc1cc(C)sc1C(=O)O. The molecule has 0 saturated heterocycles. The first-order valence-corrected chi connectivity index (χ1v) is 5.24. The Morgan fingerprint density at radius 2 is 2.38 bits per heavy atom. The van der Waals surface area contributed by atoms with Crippen LogP contribution in [0.15, 0.2) is 18.7 Å². The van der Waals surface area contributed by atoms with Gasteiger partial charge in [-0.3, -0.25) is 5.32 Å². The number of carbonyl (C=O) groups excluding carboxylic acids is 1. The Balaban J connectivity index is 2.76. The van der Waals surface area contributed by atoms with Crippen LogP contribution in [-0.4, -0.2) is 23.8 Å². The molecule has 86 valence electrons. The number of carboxylic acids is 1. The molecule has 0 bridgehead atoms. The molecule has 1 aromatic rings. The molecule has 5 nitrogen and oxygen atoms in total. The highest BCUT2D eigenvalue weighted by atomic mass is 32.1. The molecule has 1 amide bonds. The van der Waals surface area contributed by atoms with E-state index in [4.69, 9.17) is 5.11 Å². The third-order valence-corrected chi connectivity index (χ3v) is 2.66. The Hall–Kier alpha value is -1.82. The second kappa shape index (κ2) is 5.32. The molecule has 0 radical (unpaired) electrons. The van der Waals surface area contributed by atoms with Gasteiger partial charge in [0, 0.05) is 4.88 Å². The zero-order valence-electron chi connectivity index (χ0n) is 8.65. The minimum atomic E-state index is -1.07. The highest BCUT2D eigenvalue weighted by Crippen LogP contribution is 2.26. The number of hydrogen-bond acceptors (Lipinski definition) is 4. The third-order valence-electron chi connectivity index (χ3n) is 1.62. The summed E-state index contributed by atoms with van der Waals surface area (Å²) < 4.78 is 4.68. The predicted octanol–water partition coefficient (Wildman–Crippen LogP) is 2.49. The average Bonchev–Trinajstić information content (AvgIpc) is 2.56. The quantitative estimate of drug-likeness (QED) is 0.794. The molecule has 0 aromatic carbocycles. The van der Waals surface area contributed by atoms with Crippen LogP contribution < -0.4 is 5.32 Å². The Morgan fingerprint density at radius 1 is 1.69 bits per heavy atom. The van der Waals surface area contributed by atoms with Gasteiger partial charge < -0.3 is 9.84 Å². The highest BCUT2D eigenvalue weighted by Gasteiger charge is 2.16. The Bertz CT molecular complexity index is 424. The smallest absolute Gasteiger partial charge is 0.411 e. The maximum Gasteiger partial charge on any atom is 0.411 e. The van der Waals surface area contributed by atoms with E-state index < -0.39 is 12.1 Å². The highest BCUT2D eigenvalue weighted by molar-refractivity contribution is 7.14. The van der Waals surface area contributed by atoms with Gasteiger partial charge >= 0.3 is 12.1 Å². The van der Waals surface area contributed by atoms with Gasteiger partial charge in [0.1, 0.15) is 11.5 Å². The Labute approximate surface area is 96.4 Å². The molecule has 0 atom stereocenters. The fourth-order valence-corrected chi connectivity index (χ4v) is 1.85. The molecule has 2 N–H and O–H groups in total. The molecule has 0 aliphatic heterocycles. The largest absolute Gasteiger partial charge is 0.477 e. The lowest BCUT2D eigenvalue weighted by molar-refractivity contribution is 0.0703. The zero-order valence-corrected chi connectivity index (χ0v) is 9.47. The van der Waals surface area contributed by atoms with Crippen molar-refractivity contribution in [2.24, 2.45) is 0 Å². The number of aromatic carboxylic acids is 1. The van der Waals surface area contributed by atoms with E-state index in [9.17, 15) is 9.59 Å². The number of anilines is 1. The van der Waals surface area contributed by atoms with Crippen LogP contribution in [0.3, 0.4) is 0 Å². The van der Waals surface area contributed by atoms with Gasteiger partial charge in [-0.1, -0.05) is 12.7 Å². The van der Waals surface area contributed by atoms with Crippen LogP contribution >= 0.6 is 11.3 Å². The first kappa shape index (κ1) is 12.3. The van der Waals surface area contributed by atoms with Crippen molar-refractivity contribution in [3.05, 3.63) is 28.5 Å². The van der Waals surface area contributed by atoms with E-state index in [0.717, 1.165) is 16.2 Å². The normalized spacial score (nSPS) is 9.56. The summed E-state index contributed by atoms with van der Waals surface area (Å²) in [4.78, 5) is 22.9. The average molecular weight is 241 g/mol. The van der Waals surface area contributed by atoms with E-state index in [1.165, 1.54) is 6.08 Å². The number of thiophene rings is 1. The lowest BCUT2D eigenvalue weighted by Crippen LogP contribution is -2.14. The van der Waals surface area contributed by atoms with Crippen molar-refractivity contribution < 1.29 is 19.4 Å². The van der Waals surface area contributed by atoms with E-state index >= 15 is 0 Å². The summed E-state index contributed by atoms with van der Waals surface area (Å²) in [6.45, 7) is 5.23. The number of ether oxygens (including phenoxy) is 1. The third kappa shape index (κ3) is 3.09. The summed E-state index contributed by atoms with van der Waals surface area (Å²) in [7, 11) is 0. The molecule has 0 unspecified atom stereocenters. The molecule has 0 fully saturated rings. The van der Waals surface area contributed by atoms with Gasteiger partial charge in [0.25, 0.3) is 0 Å². The molecule has 6 heteroatoms. The van der Waals surface area contributed by atoms with Crippen molar-refractivity contribution in [2.45, 2.75) is 6.92 Å². The second-order valence-corrected chi connectivity index (χ2v) is 4.17. The maximum atomic E-state index is 11.2. The van der Waals surface area contributed by atoms with E-state index in [1.54, 1.807) is 13.0 Å². The first-order valence-electron chi connectivity index (χ1n) is 4.43. The monoisotopic (exact) mass is 241 g/mol. The summed E-state index contributed by atoms with van der Waals surface area (Å²) >= 11 is 1.10. The molecule has 16 heavy (non-hydrogen) atoms. The van der Waals surface area contributed by atoms with Gasteiger partial charge in [-0.05, 0) is 13.0 Å². The lowest BCUT2D eigenvalue weighted by Gasteiger charge is -2.03. The minimum Gasteiger partial charge on any atom is -0.477 e. The molecule has 1 aromatic heterocycles. The van der Waals surface area contributed by atoms with Crippen LogP contribution in [0, 0.1) is 6.92 Å². The van der Waals surface area contributed by atoms with Crippen molar-refractivity contribution in [1.29, 1.82) is 0 Å². The summed E-state index contributed by atoms with van der Waals surface area (Å²) in [6.07, 6.45) is 0.733. The topological polar surface area (TPSA) is 75.6 Å². The minimum absolute atomic E-state index is 0.0807. The summed E-state index contributed by atoms with van der Waals surface area (Å²) in [5.74, 6) is -1.07.